The van der Waals surface area contributed by atoms with Crippen LogP contribution in [0.1, 0.15) is 16.8 Å². The summed E-state index contributed by atoms with van der Waals surface area (Å²) in [5.41, 5.74) is 1.17. The van der Waals surface area contributed by atoms with Crippen LogP contribution in [0.4, 0.5) is 0 Å². The molecule has 5 nitrogen and oxygen atoms in total. The summed E-state index contributed by atoms with van der Waals surface area (Å²) < 4.78 is 0. The second-order valence-corrected chi connectivity index (χ2v) is 3.60. The highest BCUT2D eigenvalue weighted by molar-refractivity contribution is 6.05. The molecule has 88 valence electrons. The third-order valence-electron chi connectivity index (χ3n) is 2.40. The van der Waals surface area contributed by atoms with Gasteiger partial charge in [-0.2, -0.15) is 0 Å². The summed E-state index contributed by atoms with van der Waals surface area (Å²) >= 11 is 0. The molecule has 0 aliphatic heterocycles. The number of aromatic nitrogens is 2. The lowest BCUT2D eigenvalue weighted by atomic mass is 10.1. The first-order valence-corrected chi connectivity index (χ1v) is 5.40. The fraction of sp³-hybridized carbons (Fsp3) is 0.250. The predicted molar refractivity (Wildman–Crippen MR) is 63.6 cm³/mol. The fourth-order valence-corrected chi connectivity index (χ4v) is 1.57. The van der Waals surface area contributed by atoms with E-state index in [1.54, 1.807) is 18.3 Å². The number of hydrogen-bond donors (Lipinski definition) is 2. The molecule has 2 aromatic rings. The van der Waals surface area contributed by atoms with Gasteiger partial charge in [0.2, 0.25) is 0 Å². The Morgan fingerprint density at radius 3 is 3.12 bits per heavy atom. The third-order valence-corrected chi connectivity index (χ3v) is 2.40. The summed E-state index contributed by atoms with van der Waals surface area (Å²) in [6, 6.07) is 5.39. The van der Waals surface area contributed by atoms with Gasteiger partial charge in [0.05, 0.1) is 11.1 Å². The molecule has 17 heavy (non-hydrogen) atoms. The summed E-state index contributed by atoms with van der Waals surface area (Å²) in [6.07, 6.45) is 3.64. The van der Waals surface area contributed by atoms with E-state index in [1.807, 2.05) is 6.07 Å². The lowest BCUT2D eigenvalue weighted by molar-refractivity contribution is 0.0952. The van der Waals surface area contributed by atoms with Gasteiger partial charge in [-0.05, 0) is 12.5 Å². The maximum absolute atomic E-state index is 11.9. The summed E-state index contributed by atoms with van der Waals surface area (Å²) in [5, 5.41) is 12.2. The standard InChI is InChI=1S/C12H13N3O2/c16-6-2-5-14-12(17)10-4-1-3-9-7-13-8-15-11(9)10/h1,3-4,7-8,16H,2,5-6H2,(H,14,17). The molecule has 0 saturated carbocycles. The van der Waals surface area contributed by atoms with Crippen LogP contribution in [0.3, 0.4) is 0 Å². The minimum Gasteiger partial charge on any atom is -0.396 e. The van der Waals surface area contributed by atoms with Crippen molar-refractivity contribution in [2.75, 3.05) is 13.2 Å². The highest BCUT2D eigenvalue weighted by atomic mass is 16.3. The molecule has 1 heterocycles. The van der Waals surface area contributed by atoms with E-state index in [9.17, 15) is 4.79 Å². The predicted octanol–water partition coefficient (Wildman–Crippen LogP) is 0.742. The van der Waals surface area contributed by atoms with E-state index < -0.39 is 0 Å². The number of benzene rings is 1. The van der Waals surface area contributed by atoms with E-state index in [0.717, 1.165) is 5.39 Å². The van der Waals surface area contributed by atoms with Crippen LogP contribution in [-0.2, 0) is 0 Å². The molecular weight excluding hydrogens is 218 g/mol. The number of nitrogens with one attached hydrogen (secondary N) is 1. The molecule has 2 rings (SSSR count). The Morgan fingerprint density at radius 1 is 1.41 bits per heavy atom. The van der Waals surface area contributed by atoms with Crippen molar-refractivity contribution in [2.24, 2.45) is 0 Å². The van der Waals surface area contributed by atoms with Gasteiger partial charge in [-0.15, -0.1) is 0 Å². The Hall–Kier alpha value is -2.01. The number of aliphatic hydroxyl groups is 1. The molecule has 0 spiro atoms. The largest absolute Gasteiger partial charge is 0.396 e. The van der Waals surface area contributed by atoms with Gasteiger partial charge in [-0.1, -0.05) is 12.1 Å². The van der Waals surface area contributed by atoms with Crippen molar-refractivity contribution >= 4 is 16.8 Å². The number of nitrogens with zero attached hydrogens (tertiary/aromatic N) is 2. The van der Waals surface area contributed by atoms with Crippen LogP contribution >= 0.6 is 0 Å². The second kappa shape index (κ2) is 5.36. The molecule has 0 aliphatic carbocycles. The number of fused-ring (bicyclic) bond motifs is 1. The SMILES string of the molecule is O=C(NCCCO)c1cccc2cncnc12. The van der Waals surface area contributed by atoms with Crippen molar-refractivity contribution in [3.8, 4) is 0 Å². The molecule has 0 saturated heterocycles. The maximum atomic E-state index is 11.9. The number of para-hydroxylation sites is 1. The van der Waals surface area contributed by atoms with Gasteiger partial charge in [0.25, 0.3) is 5.91 Å². The van der Waals surface area contributed by atoms with Crippen LogP contribution in [-0.4, -0.2) is 34.1 Å². The van der Waals surface area contributed by atoms with Gasteiger partial charge in [-0.25, -0.2) is 9.97 Å². The van der Waals surface area contributed by atoms with E-state index in [0.29, 0.717) is 24.0 Å². The average molecular weight is 231 g/mol. The summed E-state index contributed by atoms with van der Waals surface area (Å²) in [6.45, 7) is 0.523. The van der Waals surface area contributed by atoms with Crippen LogP contribution in [0, 0.1) is 0 Å². The lowest BCUT2D eigenvalue weighted by Gasteiger charge is -2.06. The Morgan fingerprint density at radius 2 is 2.29 bits per heavy atom. The minimum absolute atomic E-state index is 0.0674. The van der Waals surface area contributed by atoms with E-state index in [-0.39, 0.29) is 12.5 Å². The van der Waals surface area contributed by atoms with E-state index in [4.69, 9.17) is 5.11 Å². The number of carbonyl (C=O) groups excluding carboxylic acids is 1. The Balaban J connectivity index is 2.26. The maximum Gasteiger partial charge on any atom is 0.253 e. The summed E-state index contributed by atoms with van der Waals surface area (Å²) in [4.78, 5) is 19.9. The molecule has 1 amide bonds. The fourth-order valence-electron chi connectivity index (χ4n) is 1.57. The van der Waals surface area contributed by atoms with Crippen molar-refractivity contribution < 1.29 is 9.90 Å². The Bertz CT molecular complexity index is 523. The topological polar surface area (TPSA) is 75.1 Å². The lowest BCUT2D eigenvalue weighted by Crippen LogP contribution is -2.25. The molecule has 1 aromatic carbocycles. The van der Waals surface area contributed by atoms with Gasteiger partial charge in [0.15, 0.2) is 0 Å². The van der Waals surface area contributed by atoms with Gasteiger partial charge in [0.1, 0.15) is 6.33 Å². The van der Waals surface area contributed by atoms with Crippen LogP contribution in [0.2, 0.25) is 0 Å². The molecule has 5 heteroatoms. The number of hydrogen-bond acceptors (Lipinski definition) is 4. The van der Waals surface area contributed by atoms with Gasteiger partial charge < -0.3 is 10.4 Å². The zero-order valence-corrected chi connectivity index (χ0v) is 9.26. The Kier molecular flexibility index (Phi) is 3.62. The molecule has 0 fully saturated rings. The first kappa shape index (κ1) is 11.5. The van der Waals surface area contributed by atoms with Crippen LogP contribution in [0.25, 0.3) is 10.9 Å². The monoisotopic (exact) mass is 231 g/mol. The molecule has 2 N–H and O–H groups in total. The zero-order valence-electron chi connectivity index (χ0n) is 9.26. The number of aliphatic hydroxyl groups excluding tert-OH is 1. The molecule has 0 radical (unpaired) electrons. The van der Waals surface area contributed by atoms with Crippen molar-refractivity contribution in [1.29, 1.82) is 0 Å². The third kappa shape index (κ3) is 2.57. The molecule has 0 atom stereocenters. The number of rotatable bonds is 4. The highest BCUT2D eigenvalue weighted by Gasteiger charge is 2.09. The molecule has 1 aromatic heterocycles. The van der Waals surface area contributed by atoms with Gasteiger partial charge >= 0.3 is 0 Å². The van der Waals surface area contributed by atoms with Crippen molar-refractivity contribution in [3.63, 3.8) is 0 Å². The molecule has 0 aliphatic rings. The van der Waals surface area contributed by atoms with Crippen molar-refractivity contribution in [3.05, 3.63) is 36.3 Å². The smallest absolute Gasteiger partial charge is 0.253 e. The van der Waals surface area contributed by atoms with Crippen LogP contribution in [0.15, 0.2) is 30.7 Å². The van der Waals surface area contributed by atoms with Gasteiger partial charge in [0, 0.05) is 24.7 Å². The zero-order chi connectivity index (χ0) is 12.1. The minimum atomic E-state index is -0.178. The number of amides is 1. The van der Waals surface area contributed by atoms with Crippen molar-refractivity contribution in [1.82, 2.24) is 15.3 Å². The van der Waals surface area contributed by atoms with E-state index in [1.165, 1.54) is 6.33 Å². The summed E-state index contributed by atoms with van der Waals surface area (Å²) in [5.74, 6) is -0.178. The first-order valence-electron chi connectivity index (χ1n) is 5.40. The first-order chi connectivity index (χ1) is 8.33. The molecule has 0 unspecified atom stereocenters. The van der Waals surface area contributed by atoms with Crippen LogP contribution < -0.4 is 5.32 Å². The van der Waals surface area contributed by atoms with Gasteiger partial charge in [-0.3, -0.25) is 4.79 Å². The average Bonchev–Trinajstić information content (AvgIpc) is 2.38. The van der Waals surface area contributed by atoms with Crippen molar-refractivity contribution in [2.45, 2.75) is 6.42 Å². The summed E-state index contributed by atoms with van der Waals surface area (Å²) in [7, 11) is 0. The second-order valence-electron chi connectivity index (χ2n) is 3.60. The molecule has 0 bridgehead atoms. The highest BCUT2D eigenvalue weighted by Crippen LogP contribution is 2.14. The quantitative estimate of drug-likeness (QED) is 0.761. The van der Waals surface area contributed by atoms with E-state index >= 15 is 0 Å². The molecular formula is C12H13N3O2. The Labute approximate surface area is 98.5 Å². The normalized spacial score (nSPS) is 10.4. The van der Waals surface area contributed by atoms with Crippen LogP contribution in [0.5, 0.6) is 0 Å². The number of carbonyl (C=O) groups is 1. The van der Waals surface area contributed by atoms with E-state index in [2.05, 4.69) is 15.3 Å².